The minimum absolute atomic E-state index is 0.404. The third-order valence-electron chi connectivity index (χ3n) is 2.27. The van der Waals surface area contributed by atoms with Crippen LogP contribution in [0.5, 0.6) is 0 Å². The Bertz CT molecular complexity index is 545. The molecule has 0 aliphatic carbocycles. The maximum atomic E-state index is 6.11. The molecule has 0 bridgehead atoms. The molecule has 0 fully saturated rings. The van der Waals surface area contributed by atoms with Gasteiger partial charge in [-0.25, -0.2) is 15.0 Å². The lowest BCUT2D eigenvalue weighted by Crippen LogP contribution is -2.03. The molecule has 2 aromatic heterocycles. The summed E-state index contributed by atoms with van der Waals surface area (Å²) < 4.78 is 0.755. The van der Waals surface area contributed by atoms with Crippen LogP contribution >= 0.6 is 27.5 Å². The summed E-state index contributed by atoms with van der Waals surface area (Å²) in [6.45, 7) is 4.26. The second-order valence-electron chi connectivity index (χ2n) is 4.29. The molecule has 0 radical (unpaired) electrons. The van der Waals surface area contributed by atoms with Crippen LogP contribution in [-0.2, 0) is 6.42 Å². The zero-order chi connectivity index (χ0) is 13.1. The van der Waals surface area contributed by atoms with E-state index >= 15 is 0 Å². The van der Waals surface area contributed by atoms with Gasteiger partial charge >= 0.3 is 0 Å². The smallest absolute Gasteiger partial charge is 0.181 e. The summed E-state index contributed by atoms with van der Waals surface area (Å²) in [6.07, 6.45) is 5.67. The molecule has 94 valence electrons. The highest BCUT2D eigenvalue weighted by Gasteiger charge is 2.13. The summed E-state index contributed by atoms with van der Waals surface area (Å²) in [6, 6.07) is 0. The molecule has 2 rings (SSSR count). The standard InChI is InChI=1S/C12H12BrClN4/c1-7(2)5-8-10(13)11(14)18-12(17-8)9-6-15-3-4-16-9/h3-4,6-7H,5H2,1-2H3. The minimum Gasteiger partial charge on any atom is -0.261 e. The fourth-order valence-corrected chi connectivity index (χ4v) is 2.04. The van der Waals surface area contributed by atoms with Gasteiger partial charge < -0.3 is 0 Å². The summed E-state index contributed by atoms with van der Waals surface area (Å²) in [5.74, 6) is 0.994. The molecule has 0 amide bonds. The SMILES string of the molecule is CC(C)Cc1nc(-c2cnccn2)nc(Cl)c1Br. The van der Waals surface area contributed by atoms with Crippen molar-refractivity contribution < 1.29 is 0 Å². The number of hydrogen-bond donors (Lipinski definition) is 0. The van der Waals surface area contributed by atoms with Crippen LogP contribution in [0.15, 0.2) is 23.1 Å². The van der Waals surface area contributed by atoms with Crippen molar-refractivity contribution in [1.29, 1.82) is 0 Å². The van der Waals surface area contributed by atoms with E-state index in [1.165, 1.54) is 0 Å². The maximum Gasteiger partial charge on any atom is 0.181 e. The average Bonchev–Trinajstić information content (AvgIpc) is 2.35. The summed E-state index contributed by atoms with van der Waals surface area (Å²) in [4.78, 5) is 16.9. The molecule has 0 saturated carbocycles. The van der Waals surface area contributed by atoms with Crippen LogP contribution in [0.1, 0.15) is 19.5 Å². The van der Waals surface area contributed by atoms with Crippen molar-refractivity contribution in [3.63, 3.8) is 0 Å². The largest absolute Gasteiger partial charge is 0.261 e. The van der Waals surface area contributed by atoms with Gasteiger partial charge in [-0.15, -0.1) is 0 Å². The van der Waals surface area contributed by atoms with E-state index in [1.807, 2.05) is 0 Å². The third-order valence-corrected chi connectivity index (χ3v) is 3.61. The number of aromatic nitrogens is 4. The highest BCUT2D eigenvalue weighted by Crippen LogP contribution is 2.27. The molecule has 2 heterocycles. The molecule has 0 aliphatic rings. The van der Waals surface area contributed by atoms with Crippen molar-refractivity contribution in [2.24, 2.45) is 5.92 Å². The minimum atomic E-state index is 0.404. The zero-order valence-electron chi connectivity index (χ0n) is 10.1. The van der Waals surface area contributed by atoms with E-state index < -0.39 is 0 Å². The predicted octanol–water partition coefficient (Wildman–Crippen LogP) is 3.55. The van der Waals surface area contributed by atoms with Crippen molar-refractivity contribution in [3.05, 3.63) is 33.9 Å². The topological polar surface area (TPSA) is 51.6 Å². The molecule has 18 heavy (non-hydrogen) atoms. The molecule has 0 saturated heterocycles. The van der Waals surface area contributed by atoms with Gasteiger partial charge in [0.1, 0.15) is 10.8 Å². The molecule has 0 atom stereocenters. The second-order valence-corrected chi connectivity index (χ2v) is 5.44. The van der Waals surface area contributed by atoms with Gasteiger partial charge in [-0.2, -0.15) is 0 Å². The highest BCUT2D eigenvalue weighted by atomic mass is 79.9. The van der Waals surface area contributed by atoms with Crippen molar-refractivity contribution in [2.75, 3.05) is 0 Å². The van der Waals surface area contributed by atoms with E-state index in [-0.39, 0.29) is 0 Å². The Balaban J connectivity index is 2.47. The van der Waals surface area contributed by atoms with Gasteiger partial charge in [-0.05, 0) is 28.3 Å². The van der Waals surface area contributed by atoms with Crippen molar-refractivity contribution in [3.8, 4) is 11.5 Å². The van der Waals surface area contributed by atoms with E-state index in [4.69, 9.17) is 11.6 Å². The zero-order valence-corrected chi connectivity index (χ0v) is 12.4. The molecular formula is C12H12BrClN4. The van der Waals surface area contributed by atoms with Crippen molar-refractivity contribution in [1.82, 2.24) is 19.9 Å². The van der Waals surface area contributed by atoms with Crippen molar-refractivity contribution in [2.45, 2.75) is 20.3 Å². The first kappa shape index (κ1) is 13.4. The van der Waals surface area contributed by atoms with Crippen LogP contribution in [0, 0.1) is 5.92 Å². The van der Waals surface area contributed by atoms with Gasteiger partial charge in [0, 0.05) is 12.4 Å². The summed E-state index contributed by atoms with van der Waals surface area (Å²) in [7, 11) is 0. The Morgan fingerprint density at radius 1 is 1.28 bits per heavy atom. The Morgan fingerprint density at radius 2 is 2.06 bits per heavy atom. The van der Waals surface area contributed by atoms with E-state index in [2.05, 4.69) is 49.7 Å². The summed E-state index contributed by atoms with van der Waals surface area (Å²) in [5.41, 5.74) is 1.52. The number of rotatable bonds is 3. The summed E-state index contributed by atoms with van der Waals surface area (Å²) >= 11 is 9.53. The first-order chi connectivity index (χ1) is 8.58. The molecule has 6 heteroatoms. The van der Waals surface area contributed by atoms with Crippen LogP contribution in [0.4, 0.5) is 0 Å². The molecule has 0 aliphatic heterocycles. The lowest BCUT2D eigenvalue weighted by atomic mass is 10.1. The number of hydrogen-bond acceptors (Lipinski definition) is 4. The molecule has 0 spiro atoms. The van der Waals surface area contributed by atoms with Gasteiger partial charge in [-0.1, -0.05) is 25.4 Å². The third kappa shape index (κ3) is 3.03. The van der Waals surface area contributed by atoms with Crippen LogP contribution in [0.25, 0.3) is 11.5 Å². The maximum absolute atomic E-state index is 6.11. The molecule has 0 aromatic carbocycles. The molecular weight excluding hydrogens is 316 g/mol. The van der Waals surface area contributed by atoms with Crippen LogP contribution in [0.2, 0.25) is 5.15 Å². The Hall–Kier alpha value is -1.07. The number of nitrogens with zero attached hydrogens (tertiary/aromatic N) is 4. The molecule has 4 nitrogen and oxygen atoms in total. The molecule has 2 aromatic rings. The fourth-order valence-electron chi connectivity index (χ4n) is 1.51. The highest BCUT2D eigenvalue weighted by molar-refractivity contribution is 9.10. The van der Waals surface area contributed by atoms with Crippen molar-refractivity contribution >= 4 is 27.5 Å². The second kappa shape index (κ2) is 5.71. The van der Waals surface area contributed by atoms with E-state index in [1.54, 1.807) is 18.6 Å². The Labute approximate surface area is 119 Å². The van der Waals surface area contributed by atoms with E-state index in [0.717, 1.165) is 16.6 Å². The first-order valence-electron chi connectivity index (χ1n) is 5.56. The van der Waals surface area contributed by atoms with E-state index in [9.17, 15) is 0 Å². The van der Waals surface area contributed by atoms with Crippen LogP contribution < -0.4 is 0 Å². The van der Waals surface area contributed by atoms with Gasteiger partial charge in [0.05, 0.1) is 16.4 Å². The lowest BCUT2D eigenvalue weighted by Gasteiger charge is -2.09. The lowest BCUT2D eigenvalue weighted by molar-refractivity contribution is 0.632. The van der Waals surface area contributed by atoms with Gasteiger partial charge in [0.15, 0.2) is 5.82 Å². The molecule has 0 unspecified atom stereocenters. The first-order valence-corrected chi connectivity index (χ1v) is 6.73. The summed E-state index contributed by atoms with van der Waals surface area (Å²) in [5, 5.41) is 0.404. The molecule has 0 N–H and O–H groups in total. The normalized spacial score (nSPS) is 10.9. The van der Waals surface area contributed by atoms with Gasteiger partial charge in [-0.3, -0.25) is 4.98 Å². The van der Waals surface area contributed by atoms with Gasteiger partial charge in [0.25, 0.3) is 0 Å². The monoisotopic (exact) mass is 326 g/mol. The quantitative estimate of drug-likeness (QED) is 0.809. The fraction of sp³-hybridized carbons (Fsp3) is 0.333. The average molecular weight is 328 g/mol. The Kier molecular flexibility index (Phi) is 4.24. The predicted molar refractivity (Wildman–Crippen MR) is 74.3 cm³/mol. The van der Waals surface area contributed by atoms with Crippen LogP contribution in [-0.4, -0.2) is 19.9 Å². The van der Waals surface area contributed by atoms with Crippen LogP contribution in [0.3, 0.4) is 0 Å². The van der Waals surface area contributed by atoms with E-state index in [0.29, 0.717) is 22.6 Å². The van der Waals surface area contributed by atoms with Gasteiger partial charge in [0.2, 0.25) is 0 Å². The Morgan fingerprint density at radius 3 is 2.67 bits per heavy atom. The number of halogens is 2.